The summed E-state index contributed by atoms with van der Waals surface area (Å²) in [5.74, 6) is 0.458. The highest BCUT2D eigenvalue weighted by Crippen LogP contribution is 2.37. The molecule has 1 fully saturated rings. The standard InChI is InChI=1S/C15H21NO2/c1-10(2)11-4-6-13(7-5-11)16-14(17)12-8-15(3,18)9-12/h4-7,10,12,18H,8-9H2,1-3H3,(H,16,17). The average Bonchev–Trinajstić information content (AvgIpc) is 2.26. The number of nitrogens with one attached hydrogen (secondary N) is 1. The van der Waals surface area contributed by atoms with Crippen LogP contribution in [0.4, 0.5) is 5.69 Å². The van der Waals surface area contributed by atoms with Gasteiger partial charge >= 0.3 is 0 Å². The molecule has 1 aromatic rings. The minimum Gasteiger partial charge on any atom is -0.390 e. The van der Waals surface area contributed by atoms with Gasteiger partial charge in [-0.2, -0.15) is 0 Å². The summed E-state index contributed by atoms with van der Waals surface area (Å²) >= 11 is 0. The highest BCUT2D eigenvalue weighted by Gasteiger charge is 2.42. The Kier molecular flexibility index (Phi) is 3.44. The van der Waals surface area contributed by atoms with Crippen LogP contribution in [0.2, 0.25) is 0 Å². The molecule has 18 heavy (non-hydrogen) atoms. The van der Waals surface area contributed by atoms with Crippen LogP contribution in [-0.2, 0) is 4.79 Å². The topological polar surface area (TPSA) is 49.3 Å². The maximum atomic E-state index is 11.9. The van der Waals surface area contributed by atoms with Gasteiger partial charge in [0.1, 0.15) is 0 Å². The van der Waals surface area contributed by atoms with Gasteiger partial charge in [-0.3, -0.25) is 4.79 Å². The van der Waals surface area contributed by atoms with Gasteiger partial charge in [0, 0.05) is 11.6 Å². The molecule has 0 aliphatic heterocycles. The van der Waals surface area contributed by atoms with Gasteiger partial charge < -0.3 is 10.4 Å². The molecule has 1 amide bonds. The summed E-state index contributed by atoms with van der Waals surface area (Å²) in [5.41, 5.74) is 1.44. The van der Waals surface area contributed by atoms with Gasteiger partial charge in [-0.25, -0.2) is 0 Å². The number of amides is 1. The molecule has 1 aliphatic carbocycles. The van der Waals surface area contributed by atoms with E-state index in [-0.39, 0.29) is 11.8 Å². The van der Waals surface area contributed by atoms with Crippen molar-refractivity contribution in [2.24, 2.45) is 5.92 Å². The zero-order chi connectivity index (χ0) is 13.3. The van der Waals surface area contributed by atoms with Crippen molar-refractivity contribution in [3.8, 4) is 0 Å². The predicted octanol–water partition coefficient (Wildman–Crippen LogP) is 2.91. The van der Waals surface area contributed by atoms with Crippen molar-refractivity contribution in [1.29, 1.82) is 0 Å². The maximum absolute atomic E-state index is 11.9. The van der Waals surface area contributed by atoms with Crippen LogP contribution in [0.15, 0.2) is 24.3 Å². The molecule has 0 aromatic heterocycles. The number of hydrogen-bond acceptors (Lipinski definition) is 2. The molecule has 1 aliphatic rings. The Labute approximate surface area is 108 Å². The third kappa shape index (κ3) is 2.91. The smallest absolute Gasteiger partial charge is 0.227 e. The molecule has 0 spiro atoms. The lowest BCUT2D eigenvalue weighted by atomic mass is 9.72. The van der Waals surface area contributed by atoms with E-state index in [0.29, 0.717) is 18.8 Å². The molecule has 0 atom stereocenters. The van der Waals surface area contributed by atoms with Crippen LogP contribution in [0.3, 0.4) is 0 Å². The fourth-order valence-corrected chi connectivity index (χ4v) is 2.38. The first-order valence-electron chi connectivity index (χ1n) is 6.50. The van der Waals surface area contributed by atoms with Crippen molar-refractivity contribution in [1.82, 2.24) is 0 Å². The summed E-state index contributed by atoms with van der Waals surface area (Å²) in [6.07, 6.45) is 1.12. The summed E-state index contributed by atoms with van der Waals surface area (Å²) < 4.78 is 0. The number of anilines is 1. The first-order chi connectivity index (χ1) is 8.37. The van der Waals surface area contributed by atoms with Gasteiger partial charge in [-0.15, -0.1) is 0 Å². The van der Waals surface area contributed by atoms with Crippen molar-refractivity contribution in [3.05, 3.63) is 29.8 Å². The Morgan fingerprint density at radius 2 is 1.89 bits per heavy atom. The second-order valence-corrected chi connectivity index (χ2v) is 5.87. The normalized spacial score (nSPS) is 26.8. The van der Waals surface area contributed by atoms with Crippen LogP contribution in [0.5, 0.6) is 0 Å². The molecular weight excluding hydrogens is 226 g/mol. The molecule has 0 bridgehead atoms. The molecule has 2 N–H and O–H groups in total. The largest absolute Gasteiger partial charge is 0.390 e. The lowest BCUT2D eigenvalue weighted by Gasteiger charge is -2.39. The lowest BCUT2D eigenvalue weighted by molar-refractivity contribution is -0.133. The first kappa shape index (κ1) is 13.1. The van der Waals surface area contributed by atoms with E-state index in [1.807, 2.05) is 24.3 Å². The summed E-state index contributed by atoms with van der Waals surface area (Å²) in [4.78, 5) is 11.9. The quantitative estimate of drug-likeness (QED) is 0.862. The van der Waals surface area contributed by atoms with Crippen LogP contribution in [0.1, 0.15) is 45.1 Å². The molecule has 1 aromatic carbocycles. The van der Waals surface area contributed by atoms with Crippen molar-refractivity contribution >= 4 is 11.6 Å². The molecule has 0 saturated heterocycles. The highest BCUT2D eigenvalue weighted by atomic mass is 16.3. The van der Waals surface area contributed by atoms with Crippen molar-refractivity contribution in [3.63, 3.8) is 0 Å². The zero-order valence-corrected chi connectivity index (χ0v) is 11.2. The fraction of sp³-hybridized carbons (Fsp3) is 0.533. The molecule has 98 valence electrons. The van der Waals surface area contributed by atoms with E-state index in [9.17, 15) is 9.90 Å². The third-order valence-electron chi connectivity index (χ3n) is 3.59. The van der Waals surface area contributed by atoms with E-state index in [2.05, 4.69) is 19.2 Å². The summed E-state index contributed by atoms with van der Waals surface area (Å²) in [6.45, 7) is 6.06. The molecule has 0 heterocycles. The van der Waals surface area contributed by atoms with Gasteiger partial charge in [-0.1, -0.05) is 26.0 Å². The lowest BCUT2D eigenvalue weighted by Crippen LogP contribution is -2.46. The van der Waals surface area contributed by atoms with Gasteiger partial charge in [0.25, 0.3) is 0 Å². The molecule has 3 nitrogen and oxygen atoms in total. The van der Waals surface area contributed by atoms with E-state index in [1.54, 1.807) is 6.92 Å². The Morgan fingerprint density at radius 1 is 1.33 bits per heavy atom. The van der Waals surface area contributed by atoms with Crippen LogP contribution < -0.4 is 5.32 Å². The van der Waals surface area contributed by atoms with Gasteiger partial charge in [0.15, 0.2) is 0 Å². The van der Waals surface area contributed by atoms with E-state index in [0.717, 1.165) is 5.69 Å². The number of carbonyl (C=O) groups is 1. The van der Waals surface area contributed by atoms with E-state index in [1.165, 1.54) is 5.56 Å². The van der Waals surface area contributed by atoms with E-state index in [4.69, 9.17) is 0 Å². The van der Waals surface area contributed by atoms with Crippen molar-refractivity contribution in [2.45, 2.75) is 45.1 Å². The first-order valence-corrected chi connectivity index (χ1v) is 6.50. The Morgan fingerprint density at radius 3 is 2.33 bits per heavy atom. The summed E-state index contributed by atoms with van der Waals surface area (Å²) in [7, 11) is 0. The van der Waals surface area contributed by atoms with Crippen LogP contribution in [0, 0.1) is 5.92 Å². The van der Waals surface area contributed by atoms with E-state index >= 15 is 0 Å². The minimum atomic E-state index is -0.649. The van der Waals surface area contributed by atoms with Gasteiger partial charge in [0.05, 0.1) is 5.60 Å². The molecular formula is C15H21NO2. The predicted molar refractivity (Wildman–Crippen MR) is 72.5 cm³/mol. The van der Waals surface area contributed by atoms with Crippen molar-refractivity contribution in [2.75, 3.05) is 5.32 Å². The number of carbonyl (C=O) groups excluding carboxylic acids is 1. The summed E-state index contributed by atoms with van der Waals surface area (Å²) in [6, 6.07) is 7.95. The fourth-order valence-electron chi connectivity index (χ4n) is 2.38. The Bertz CT molecular complexity index is 426. The number of aliphatic hydroxyl groups is 1. The Hall–Kier alpha value is -1.35. The highest BCUT2D eigenvalue weighted by molar-refractivity contribution is 5.93. The molecule has 0 radical (unpaired) electrons. The second-order valence-electron chi connectivity index (χ2n) is 5.87. The molecule has 1 saturated carbocycles. The zero-order valence-electron chi connectivity index (χ0n) is 11.2. The Balaban J connectivity index is 1.92. The summed E-state index contributed by atoms with van der Waals surface area (Å²) in [5, 5.41) is 12.5. The maximum Gasteiger partial charge on any atom is 0.227 e. The molecule has 2 rings (SSSR count). The number of hydrogen-bond donors (Lipinski definition) is 2. The third-order valence-corrected chi connectivity index (χ3v) is 3.59. The monoisotopic (exact) mass is 247 g/mol. The average molecular weight is 247 g/mol. The molecule has 0 unspecified atom stereocenters. The van der Waals surface area contributed by atoms with E-state index < -0.39 is 5.60 Å². The SMILES string of the molecule is CC(C)c1ccc(NC(=O)C2CC(C)(O)C2)cc1. The van der Waals surface area contributed by atoms with Gasteiger partial charge in [0.2, 0.25) is 5.91 Å². The van der Waals surface area contributed by atoms with Crippen LogP contribution >= 0.6 is 0 Å². The second kappa shape index (κ2) is 4.73. The van der Waals surface area contributed by atoms with Crippen LogP contribution in [-0.4, -0.2) is 16.6 Å². The number of rotatable bonds is 3. The molecule has 3 heteroatoms. The number of benzene rings is 1. The minimum absolute atomic E-state index is 0.0128. The van der Waals surface area contributed by atoms with Crippen LogP contribution in [0.25, 0.3) is 0 Å². The van der Waals surface area contributed by atoms with Gasteiger partial charge in [-0.05, 0) is 43.4 Å². The van der Waals surface area contributed by atoms with Crippen molar-refractivity contribution < 1.29 is 9.90 Å².